The van der Waals surface area contributed by atoms with Crippen LogP contribution in [-0.4, -0.2) is 28.2 Å². The van der Waals surface area contributed by atoms with E-state index in [1.165, 1.54) is 53.9 Å². The topological polar surface area (TPSA) is 66.9 Å². The van der Waals surface area contributed by atoms with E-state index in [-0.39, 0.29) is 18.3 Å². The highest BCUT2D eigenvalue weighted by Crippen LogP contribution is 2.43. The second-order valence-corrected chi connectivity index (χ2v) is 8.16. The van der Waals surface area contributed by atoms with E-state index < -0.39 is 0 Å². The number of nitrogens with zero attached hydrogens (tertiary/aromatic N) is 2. The molecule has 4 rings (SSSR count). The maximum absolute atomic E-state index is 12.2. The molecule has 1 amide bonds. The van der Waals surface area contributed by atoms with E-state index in [1.54, 1.807) is 0 Å². The van der Waals surface area contributed by atoms with Crippen LogP contribution in [-0.2, 0) is 0 Å². The Morgan fingerprint density at radius 3 is 2.83 bits per heavy atom. The summed E-state index contributed by atoms with van der Waals surface area (Å²) in [5.74, 6) is 0.499. The summed E-state index contributed by atoms with van der Waals surface area (Å²) in [6, 6.07) is 3.37. The lowest BCUT2D eigenvalue weighted by molar-refractivity contribution is 0.103. The van der Waals surface area contributed by atoms with Gasteiger partial charge in [0.25, 0.3) is 5.91 Å². The fourth-order valence-electron chi connectivity index (χ4n) is 2.80. The number of carbonyl (C=O) groups excluding carboxylic acids is 1. The Hall–Kier alpha value is -1.02. The molecule has 2 heterocycles. The molecule has 0 unspecified atom stereocenters. The number of anilines is 1. The van der Waals surface area contributed by atoms with Gasteiger partial charge in [-0.3, -0.25) is 10.1 Å². The summed E-state index contributed by atoms with van der Waals surface area (Å²) in [4.78, 5) is 13.0. The second kappa shape index (κ2) is 6.84. The third-order valence-electron chi connectivity index (χ3n) is 4.36. The van der Waals surface area contributed by atoms with Gasteiger partial charge < -0.3 is 5.32 Å². The van der Waals surface area contributed by atoms with Crippen molar-refractivity contribution < 1.29 is 4.79 Å². The van der Waals surface area contributed by atoms with Crippen LogP contribution >= 0.6 is 35.1 Å². The van der Waals surface area contributed by atoms with Gasteiger partial charge in [-0.05, 0) is 43.2 Å². The normalized spacial score (nSPS) is 23.0. The summed E-state index contributed by atoms with van der Waals surface area (Å²) in [5, 5.41) is 17.9. The summed E-state index contributed by atoms with van der Waals surface area (Å²) in [7, 11) is 0. The largest absolute Gasteiger partial charge is 0.311 e. The predicted molar refractivity (Wildman–Crippen MR) is 96.1 cm³/mol. The standard InChI is InChI=1S/C15H18N4OS2.ClH/c1-8-18-19-15(22-8)17-14(20)13-5-9(7-21-13)11-6-12(11)16-10-3-2-4-10;/h5,7,10-12,16H,2-4,6H2,1H3,(H,17,19,20);1H/t11-,12+;/m0./s1. The van der Waals surface area contributed by atoms with Crippen LogP contribution < -0.4 is 10.6 Å². The van der Waals surface area contributed by atoms with E-state index in [4.69, 9.17) is 0 Å². The fourth-order valence-corrected chi connectivity index (χ4v) is 4.25. The van der Waals surface area contributed by atoms with Gasteiger partial charge in [-0.2, -0.15) is 0 Å². The van der Waals surface area contributed by atoms with Crippen LogP contribution in [0.5, 0.6) is 0 Å². The van der Waals surface area contributed by atoms with Gasteiger partial charge >= 0.3 is 0 Å². The van der Waals surface area contributed by atoms with E-state index in [9.17, 15) is 4.79 Å². The first-order chi connectivity index (χ1) is 10.7. The molecule has 8 heteroatoms. The molecule has 0 aliphatic heterocycles. The van der Waals surface area contributed by atoms with Crippen LogP contribution in [0.3, 0.4) is 0 Å². The highest BCUT2D eigenvalue weighted by atomic mass is 35.5. The molecule has 2 aliphatic rings. The number of hydrogen-bond acceptors (Lipinski definition) is 6. The molecule has 5 nitrogen and oxygen atoms in total. The minimum Gasteiger partial charge on any atom is -0.311 e. The van der Waals surface area contributed by atoms with Crippen molar-refractivity contribution in [1.29, 1.82) is 0 Å². The first kappa shape index (κ1) is 16.8. The third kappa shape index (κ3) is 3.74. The first-order valence-electron chi connectivity index (χ1n) is 7.65. The zero-order valence-electron chi connectivity index (χ0n) is 12.7. The predicted octanol–water partition coefficient (Wildman–Crippen LogP) is 3.58. The van der Waals surface area contributed by atoms with Crippen molar-refractivity contribution in [3.63, 3.8) is 0 Å². The van der Waals surface area contributed by atoms with E-state index in [1.807, 2.05) is 13.0 Å². The molecule has 2 aromatic rings. The smallest absolute Gasteiger partial charge is 0.267 e. The van der Waals surface area contributed by atoms with Gasteiger partial charge in [0.1, 0.15) is 5.01 Å². The van der Waals surface area contributed by atoms with Gasteiger partial charge in [0.15, 0.2) is 0 Å². The zero-order chi connectivity index (χ0) is 15.1. The number of aryl methyl sites for hydroxylation is 1. The molecule has 23 heavy (non-hydrogen) atoms. The van der Waals surface area contributed by atoms with Crippen molar-refractivity contribution in [3.8, 4) is 0 Å². The van der Waals surface area contributed by atoms with Crippen LogP contribution in [0.25, 0.3) is 0 Å². The van der Waals surface area contributed by atoms with Gasteiger partial charge in [-0.15, -0.1) is 33.9 Å². The lowest BCUT2D eigenvalue weighted by Crippen LogP contribution is -2.37. The molecule has 2 atom stereocenters. The molecule has 2 aromatic heterocycles. The van der Waals surface area contributed by atoms with Crippen molar-refractivity contribution in [2.24, 2.45) is 0 Å². The molecular weight excluding hydrogens is 352 g/mol. The molecule has 2 fully saturated rings. The lowest BCUT2D eigenvalue weighted by atomic mass is 9.93. The molecule has 2 saturated carbocycles. The zero-order valence-corrected chi connectivity index (χ0v) is 15.2. The Morgan fingerprint density at radius 1 is 1.35 bits per heavy atom. The Morgan fingerprint density at radius 2 is 2.17 bits per heavy atom. The average molecular weight is 371 g/mol. The van der Waals surface area contributed by atoms with Crippen LogP contribution in [0.4, 0.5) is 5.13 Å². The Labute approximate surface area is 149 Å². The maximum atomic E-state index is 12.2. The minimum absolute atomic E-state index is 0. The van der Waals surface area contributed by atoms with Crippen LogP contribution in [0, 0.1) is 6.92 Å². The highest BCUT2D eigenvalue weighted by molar-refractivity contribution is 7.15. The Balaban J connectivity index is 0.00000156. The summed E-state index contributed by atoms with van der Waals surface area (Å²) in [6.07, 6.45) is 5.20. The van der Waals surface area contributed by atoms with Crippen molar-refractivity contribution in [1.82, 2.24) is 15.5 Å². The van der Waals surface area contributed by atoms with Gasteiger partial charge in [-0.25, -0.2) is 0 Å². The summed E-state index contributed by atoms with van der Waals surface area (Å²) < 4.78 is 0. The molecule has 0 saturated heterocycles. The number of carbonyl (C=O) groups is 1. The average Bonchev–Trinajstić information content (AvgIpc) is 2.84. The van der Waals surface area contributed by atoms with E-state index in [0.717, 1.165) is 15.9 Å². The number of nitrogens with one attached hydrogen (secondary N) is 2. The Kier molecular flexibility index (Phi) is 5.01. The molecule has 0 aromatic carbocycles. The summed E-state index contributed by atoms with van der Waals surface area (Å²) >= 11 is 2.90. The molecule has 2 N–H and O–H groups in total. The number of hydrogen-bond donors (Lipinski definition) is 2. The van der Waals surface area contributed by atoms with Gasteiger partial charge in [-0.1, -0.05) is 17.8 Å². The van der Waals surface area contributed by atoms with E-state index >= 15 is 0 Å². The van der Waals surface area contributed by atoms with E-state index in [2.05, 4.69) is 26.2 Å². The quantitative estimate of drug-likeness (QED) is 0.844. The molecular formula is C15H19ClN4OS2. The SMILES string of the molecule is Cc1nnc(NC(=O)c2cc([C@@H]3C[C@H]3NC3CCC3)cs2)s1.Cl. The van der Waals surface area contributed by atoms with Gasteiger partial charge in [0.05, 0.1) is 4.88 Å². The summed E-state index contributed by atoms with van der Waals surface area (Å²) in [6.45, 7) is 1.87. The monoisotopic (exact) mass is 370 g/mol. The molecule has 0 radical (unpaired) electrons. The third-order valence-corrected chi connectivity index (χ3v) is 6.06. The van der Waals surface area contributed by atoms with Crippen LogP contribution in [0.1, 0.15) is 51.8 Å². The van der Waals surface area contributed by atoms with Crippen molar-refractivity contribution in [2.75, 3.05) is 5.32 Å². The molecule has 0 bridgehead atoms. The molecule has 124 valence electrons. The number of amides is 1. The molecule has 0 spiro atoms. The van der Waals surface area contributed by atoms with Crippen molar-refractivity contribution in [2.45, 2.75) is 50.6 Å². The Bertz CT molecular complexity index is 697. The van der Waals surface area contributed by atoms with Crippen molar-refractivity contribution in [3.05, 3.63) is 26.9 Å². The van der Waals surface area contributed by atoms with Gasteiger partial charge in [0, 0.05) is 18.0 Å². The highest BCUT2D eigenvalue weighted by Gasteiger charge is 2.40. The minimum atomic E-state index is -0.0865. The number of halogens is 1. The number of thiophene rings is 1. The number of rotatable bonds is 5. The lowest BCUT2D eigenvalue weighted by Gasteiger charge is -2.26. The van der Waals surface area contributed by atoms with Crippen LogP contribution in [0.2, 0.25) is 0 Å². The van der Waals surface area contributed by atoms with Crippen molar-refractivity contribution >= 4 is 46.1 Å². The first-order valence-corrected chi connectivity index (χ1v) is 9.34. The van der Waals surface area contributed by atoms with Crippen LogP contribution in [0.15, 0.2) is 11.4 Å². The maximum Gasteiger partial charge on any atom is 0.267 e. The van der Waals surface area contributed by atoms with E-state index in [0.29, 0.717) is 17.1 Å². The fraction of sp³-hybridized carbons (Fsp3) is 0.533. The number of aromatic nitrogens is 2. The second-order valence-electron chi connectivity index (χ2n) is 6.07. The van der Waals surface area contributed by atoms with Gasteiger partial charge in [0.2, 0.25) is 5.13 Å². The summed E-state index contributed by atoms with van der Waals surface area (Å²) in [5.41, 5.74) is 1.29. The molecule has 2 aliphatic carbocycles.